The predicted octanol–water partition coefficient (Wildman–Crippen LogP) is 2.78. The van der Waals surface area contributed by atoms with Crippen LogP contribution in [0.25, 0.3) is 6.08 Å². The molecule has 148 valence electrons. The summed E-state index contributed by atoms with van der Waals surface area (Å²) in [7, 11) is 0. The topological polar surface area (TPSA) is 113 Å². The highest BCUT2D eigenvalue weighted by Crippen LogP contribution is 2.28. The lowest BCUT2D eigenvalue weighted by Crippen LogP contribution is -2.54. The zero-order valence-corrected chi connectivity index (χ0v) is 15.9. The number of barbiturate groups is 1. The van der Waals surface area contributed by atoms with Crippen LogP contribution in [0.1, 0.15) is 11.1 Å². The molecule has 0 saturated carbocycles. The van der Waals surface area contributed by atoms with Gasteiger partial charge in [-0.3, -0.25) is 14.9 Å². The Bertz CT molecular complexity index is 1060. The summed E-state index contributed by atoms with van der Waals surface area (Å²) in [5.41, 5.74) is 1.04. The van der Waals surface area contributed by atoms with Crippen molar-refractivity contribution >= 4 is 47.2 Å². The maximum atomic E-state index is 12.9. The molecule has 1 aliphatic heterocycles. The second-order valence-electron chi connectivity index (χ2n) is 6.14. The van der Waals surface area contributed by atoms with E-state index < -0.39 is 30.4 Å². The standard InChI is InChI=1S/C20H15ClN2O6/c1-11-5-6-13(21)9-16(11)23-19(27)15(18(26)22-20(23)28)8-12-3-2-4-14(7-12)29-10-17(24)25/h2-9H,10H2,1H3,(H,24,25)(H,22,26,28)/b15-8-. The van der Waals surface area contributed by atoms with Crippen LogP contribution in [0.4, 0.5) is 10.5 Å². The number of carboxylic acids is 1. The molecule has 2 aromatic carbocycles. The number of amides is 4. The summed E-state index contributed by atoms with van der Waals surface area (Å²) >= 11 is 5.99. The number of rotatable bonds is 5. The lowest BCUT2D eigenvalue weighted by atomic mass is 10.1. The van der Waals surface area contributed by atoms with Crippen LogP contribution in [-0.2, 0) is 14.4 Å². The second kappa shape index (κ2) is 8.15. The van der Waals surface area contributed by atoms with Crippen LogP contribution in [0.15, 0.2) is 48.0 Å². The third-order valence-electron chi connectivity index (χ3n) is 4.05. The fourth-order valence-electron chi connectivity index (χ4n) is 2.71. The molecule has 0 aliphatic carbocycles. The first kappa shape index (κ1) is 20.1. The van der Waals surface area contributed by atoms with E-state index in [1.165, 1.54) is 18.2 Å². The number of carbonyl (C=O) groups is 4. The van der Waals surface area contributed by atoms with Crippen molar-refractivity contribution in [3.63, 3.8) is 0 Å². The van der Waals surface area contributed by atoms with E-state index in [2.05, 4.69) is 5.32 Å². The molecule has 1 heterocycles. The maximum absolute atomic E-state index is 12.9. The molecule has 0 bridgehead atoms. The zero-order chi connectivity index (χ0) is 21.1. The number of hydrogen-bond acceptors (Lipinski definition) is 5. The Morgan fingerprint density at radius 2 is 1.97 bits per heavy atom. The molecule has 0 atom stereocenters. The summed E-state index contributed by atoms with van der Waals surface area (Å²) in [6.45, 7) is 1.17. The Morgan fingerprint density at radius 1 is 1.21 bits per heavy atom. The minimum Gasteiger partial charge on any atom is -0.482 e. The van der Waals surface area contributed by atoms with Crippen LogP contribution in [0.5, 0.6) is 5.75 Å². The molecule has 4 amide bonds. The van der Waals surface area contributed by atoms with Crippen molar-refractivity contribution in [2.24, 2.45) is 0 Å². The van der Waals surface area contributed by atoms with Gasteiger partial charge < -0.3 is 9.84 Å². The average Bonchev–Trinajstić information content (AvgIpc) is 2.66. The number of anilines is 1. The Morgan fingerprint density at radius 3 is 2.69 bits per heavy atom. The molecule has 0 radical (unpaired) electrons. The minimum absolute atomic E-state index is 0.254. The number of carboxylic acid groups (broad SMARTS) is 1. The molecule has 1 fully saturated rings. The highest BCUT2D eigenvalue weighted by molar-refractivity contribution is 6.39. The van der Waals surface area contributed by atoms with Gasteiger partial charge in [-0.2, -0.15) is 0 Å². The van der Waals surface area contributed by atoms with Gasteiger partial charge in [0.2, 0.25) is 0 Å². The van der Waals surface area contributed by atoms with E-state index in [1.54, 1.807) is 37.3 Å². The van der Waals surface area contributed by atoms with Crippen LogP contribution >= 0.6 is 11.6 Å². The van der Waals surface area contributed by atoms with Gasteiger partial charge in [0.25, 0.3) is 11.8 Å². The second-order valence-corrected chi connectivity index (χ2v) is 6.58. The normalized spacial score (nSPS) is 15.4. The SMILES string of the molecule is Cc1ccc(Cl)cc1N1C(=O)NC(=O)/C(=C/c2cccc(OCC(=O)O)c2)C1=O. The maximum Gasteiger partial charge on any atom is 0.341 e. The summed E-state index contributed by atoms with van der Waals surface area (Å²) in [5, 5.41) is 11.2. The number of carbonyl (C=O) groups excluding carboxylic acids is 3. The molecular weight excluding hydrogens is 400 g/mol. The molecule has 29 heavy (non-hydrogen) atoms. The van der Waals surface area contributed by atoms with Gasteiger partial charge in [-0.1, -0.05) is 29.8 Å². The molecule has 8 nitrogen and oxygen atoms in total. The van der Waals surface area contributed by atoms with Gasteiger partial charge in [0.1, 0.15) is 11.3 Å². The number of aliphatic carboxylic acids is 1. The van der Waals surface area contributed by atoms with E-state index in [1.807, 2.05) is 0 Å². The summed E-state index contributed by atoms with van der Waals surface area (Å²) < 4.78 is 5.09. The molecule has 0 spiro atoms. The number of aryl methyl sites for hydroxylation is 1. The Kier molecular flexibility index (Phi) is 5.65. The van der Waals surface area contributed by atoms with E-state index >= 15 is 0 Å². The highest BCUT2D eigenvalue weighted by Gasteiger charge is 2.37. The minimum atomic E-state index is -1.14. The third kappa shape index (κ3) is 4.44. The van der Waals surface area contributed by atoms with Gasteiger partial charge in [-0.05, 0) is 48.4 Å². The molecule has 2 N–H and O–H groups in total. The van der Waals surface area contributed by atoms with E-state index in [0.29, 0.717) is 16.1 Å². The van der Waals surface area contributed by atoms with Gasteiger partial charge in [-0.25, -0.2) is 14.5 Å². The first-order valence-corrected chi connectivity index (χ1v) is 8.76. The number of benzene rings is 2. The summed E-state index contributed by atoms with van der Waals surface area (Å²) in [5.74, 6) is -2.53. The molecule has 1 saturated heterocycles. The van der Waals surface area contributed by atoms with Crippen LogP contribution in [0.2, 0.25) is 5.02 Å². The summed E-state index contributed by atoms with van der Waals surface area (Å²) in [6, 6.07) is 10.1. The third-order valence-corrected chi connectivity index (χ3v) is 4.28. The molecule has 0 aromatic heterocycles. The van der Waals surface area contributed by atoms with Crippen molar-refractivity contribution in [1.29, 1.82) is 0 Å². The number of nitrogens with zero attached hydrogens (tertiary/aromatic N) is 1. The number of hydrogen-bond donors (Lipinski definition) is 2. The number of ether oxygens (including phenoxy) is 1. The summed E-state index contributed by atoms with van der Waals surface area (Å²) in [4.78, 5) is 49.0. The van der Waals surface area contributed by atoms with E-state index in [0.717, 1.165) is 4.90 Å². The van der Waals surface area contributed by atoms with Crippen LogP contribution < -0.4 is 15.0 Å². The molecule has 1 aliphatic rings. The van der Waals surface area contributed by atoms with Gasteiger partial charge in [0.05, 0.1) is 5.69 Å². The zero-order valence-electron chi connectivity index (χ0n) is 15.1. The quantitative estimate of drug-likeness (QED) is 0.574. The number of imide groups is 2. The van der Waals surface area contributed by atoms with Crippen LogP contribution in [0, 0.1) is 6.92 Å². The molecule has 9 heteroatoms. The molecule has 2 aromatic rings. The average molecular weight is 415 g/mol. The highest BCUT2D eigenvalue weighted by atomic mass is 35.5. The van der Waals surface area contributed by atoms with Crippen molar-refractivity contribution in [2.45, 2.75) is 6.92 Å². The monoisotopic (exact) mass is 414 g/mol. The van der Waals surface area contributed by atoms with Crippen molar-refractivity contribution < 1.29 is 29.0 Å². The Hall–Kier alpha value is -3.65. The van der Waals surface area contributed by atoms with E-state index in [-0.39, 0.29) is 17.0 Å². The van der Waals surface area contributed by atoms with Gasteiger partial charge in [0, 0.05) is 5.02 Å². The lowest BCUT2D eigenvalue weighted by Gasteiger charge is -2.27. The van der Waals surface area contributed by atoms with Crippen LogP contribution in [-0.4, -0.2) is 35.5 Å². The lowest BCUT2D eigenvalue weighted by molar-refractivity contribution is -0.139. The first-order valence-electron chi connectivity index (χ1n) is 8.38. The molecule has 3 rings (SSSR count). The Balaban J connectivity index is 1.96. The van der Waals surface area contributed by atoms with Gasteiger partial charge >= 0.3 is 12.0 Å². The molecule has 0 unspecified atom stereocenters. The summed E-state index contributed by atoms with van der Waals surface area (Å²) in [6.07, 6.45) is 1.30. The van der Waals surface area contributed by atoms with Crippen LogP contribution in [0.3, 0.4) is 0 Å². The molecular formula is C20H15ClN2O6. The number of nitrogens with one attached hydrogen (secondary N) is 1. The van der Waals surface area contributed by atoms with Crippen molar-refractivity contribution in [3.05, 3.63) is 64.2 Å². The largest absolute Gasteiger partial charge is 0.482 e. The number of urea groups is 1. The number of halogens is 1. The fourth-order valence-corrected chi connectivity index (χ4v) is 2.87. The van der Waals surface area contributed by atoms with Gasteiger partial charge in [-0.15, -0.1) is 0 Å². The fraction of sp³-hybridized carbons (Fsp3) is 0.100. The van der Waals surface area contributed by atoms with Gasteiger partial charge in [0.15, 0.2) is 6.61 Å². The van der Waals surface area contributed by atoms with Crippen molar-refractivity contribution in [2.75, 3.05) is 11.5 Å². The smallest absolute Gasteiger partial charge is 0.341 e. The van der Waals surface area contributed by atoms with E-state index in [9.17, 15) is 19.2 Å². The first-order chi connectivity index (χ1) is 13.8. The predicted molar refractivity (Wildman–Crippen MR) is 105 cm³/mol. The van der Waals surface area contributed by atoms with Crippen molar-refractivity contribution in [3.8, 4) is 5.75 Å². The Labute approximate surface area is 170 Å². The van der Waals surface area contributed by atoms with E-state index in [4.69, 9.17) is 21.4 Å². The van der Waals surface area contributed by atoms with Crippen molar-refractivity contribution in [1.82, 2.24) is 5.32 Å².